The highest BCUT2D eigenvalue weighted by atomic mass is 16.1. The van der Waals surface area contributed by atoms with Crippen molar-refractivity contribution in [3.8, 4) is 0 Å². The molecule has 1 atom stereocenters. The van der Waals surface area contributed by atoms with Gasteiger partial charge in [-0.05, 0) is 30.4 Å². The Morgan fingerprint density at radius 3 is 2.79 bits per heavy atom. The van der Waals surface area contributed by atoms with Crippen molar-refractivity contribution in [3.05, 3.63) is 24.0 Å². The van der Waals surface area contributed by atoms with Crippen molar-refractivity contribution in [2.24, 2.45) is 11.3 Å². The number of aromatic nitrogens is 1. The molecule has 5 nitrogen and oxygen atoms in total. The van der Waals surface area contributed by atoms with Gasteiger partial charge < -0.3 is 10.7 Å². The molecule has 1 aliphatic carbocycles. The van der Waals surface area contributed by atoms with Crippen LogP contribution < -0.4 is 16.6 Å². The van der Waals surface area contributed by atoms with E-state index in [4.69, 9.17) is 5.84 Å². The lowest BCUT2D eigenvalue weighted by molar-refractivity contribution is 0.0848. The Morgan fingerprint density at radius 2 is 2.21 bits per heavy atom. The highest BCUT2D eigenvalue weighted by Crippen LogP contribution is 2.35. The summed E-state index contributed by atoms with van der Waals surface area (Å²) in [5.41, 5.74) is 3.77. The molecule has 5 heteroatoms. The first-order valence-corrected chi connectivity index (χ1v) is 6.76. The molecule has 1 aliphatic rings. The van der Waals surface area contributed by atoms with Crippen LogP contribution in [0.4, 0.5) is 5.69 Å². The highest BCUT2D eigenvalue weighted by Gasteiger charge is 2.33. The van der Waals surface area contributed by atoms with E-state index < -0.39 is 0 Å². The van der Waals surface area contributed by atoms with Gasteiger partial charge in [0.15, 0.2) is 0 Å². The number of amides is 1. The van der Waals surface area contributed by atoms with E-state index in [1.54, 1.807) is 18.3 Å². The van der Waals surface area contributed by atoms with Crippen molar-refractivity contribution < 1.29 is 4.79 Å². The average Bonchev–Trinajstić information content (AvgIpc) is 2.41. The summed E-state index contributed by atoms with van der Waals surface area (Å²) in [6.07, 6.45) is 6.18. The molecule has 0 saturated heterocycles. The van der Waals surface area contributed by atoms with E-state index in [1.165, 1.54) is 12.8 Å². The molecule has 0 bridgehead atoms. The average molecular weight is 262 g/mol. The van der Waals surface area contributed by atoms with Gasteiger partial charge in [0.2, 0.25) is 0 Å². The Hall–Kier alpha value is -1.62. The Kier molecular flexibility index (Phi) is 4.04. The van der Waals surface area contributed by atoms with Gasteiger partial charge in [-0.1, -0.05) is 26.7 Å². The molecule has 1 heterocycles. The molecule has 4 N–H and O–H groups in total. The number of hydrogen-bond donors (Lipinski definition) is 3. The number of nitrogens with one attached hydrogen (secondary N) is 2. The smallest absolute Gasteiger partial charge is 0.270 e. The molecule has 0 spiro atoms. The Balaban J connectivity index is 2.03. The van der Waals surface area contributed by atoms with Crippen LogP contribution in [0.15, 0.2) is 18.3 Å². The number of pyridine rings is 1. The topological polar surface area (TPSA) is 80.0 Å². The minimum absolute atomic E-state index is 0.108. The predicted molar refractivity (Wildman–Crippen MR) is 75.6 cm³/mol. The second kappa shape index (κ2) is 5.57. The maximum absolute atomic E-state index is 12.2. The summed E-state index contributed by atoms with van der Waals surface area (Å²) in [6.45, 7) is 4.43. The van der Waals surface area contributed by atoms with E-state index in [0.717, 1.165) is 12.8 Å². The lowest BCUT2D eigenvalue weighted by Gasteiger charge is -2.38. The van der Waals surface area contributed by atoms with Gasteiger partial charge >= 0.3 is 0 Å². The SMILES string of the molecule is CC1(C)CCCCC1NC(=O)c1ccc(NN)cn1. The van der Waals surface area contributed by atoms with Crippen LogP contribution in [0.2, 0.25) is 0 Å². The lowest BCUT2D eigenvalue weighted by Crippen LogP contribution is -2.47. The summed E-state index contributed by atoms with van der Waals surface area (Å²) in [7, 11) is 0. The fraction of sp³-hybridized carbons (Fsp3) is 0.571. The zero-order valence-electron chi connectivity index (χ0n) is 11.6. The summed E-state index contributed by atoms with van der Waals surface area (Å²) < 4.78 is 0. The summed E-state index contributed by atoms with van der Waals surface area (Å²) in [4.78, 5) is 16.3. The Labute approximate surface area is 114 Å². The minimum Gasteiger partial charge on any atom is -0.347 e. The molecule has 1 saturated carbocycles. The summed E-state index contributed by atoms with van der Waals surface area (Å²) in [6, 6.07) is 3.65. The third kappa shape index (κ3) is 3.23. The van der Waals surface area contributed by atoms with Crippen LogP contribution in [-0.2, 0) is 0 Å². The molecular formula is C14H22N4O. The van der Waals surface area contributed by atoms with Gasteiger partial charge in [-0.25, -0.2) is 4.98 Å². The molecule has 2 rings (SSSR count). The van der Waals surface area contributed by atoms with Crippen LogP contribution in [0.5, 0.6) is 0 Å². The van der Waals surface area contributed by atoms with Crippen molar-refractivity contribution in [2.45, 2.75) is 45.6 Å². The summed E-state index contributed by atoms with van der Waals surface area (Å²) in [5.74, 6) is 5.16. The molecule has 1 amide bonds. The maximum Gasteiger partial charge on any atom is 0.270 e. The number of carbonyl (C=O) groups is 1. The third-order valence-corrected chi connectivity index (χ3v) is 3.98. The maximum atomic E-state index is 12.2. The van der Waals surface area contributed by atoms with Crippen molar-refractivity contribution in [2.75, 3.05) is 5.43 Å². The molecule has 0 aromatic carbocycles. The first-order chi connectivity index (χ1) is 9.03. The van der Waals surface area contributed by atoms with E-state index in [0.29, 0.717) is 11.4 Å². The van der Waals surface area contributed by atoms with E-state index in [1.807, 2.05) is 0 Å². The highest BCUT2D eigenvalue weighted by molar-refractivity contribution is 5.92. The van der Waals surface area contributed by atoms with Gasteiger partial charge in [0.25, 0.3) is 5.91 Å². The van der Waals surface area contributed by atoms with Crippen molar-refractivity contribution >= 4 is 11.6 Å². The number of hydrazine groups is 1. The third-order valence-electron chi connectivity index (χ3n) is 3.98. The molecule has 1 fully saturated rings. The number of nitrogen functional groups attached to an aromatic ring is 1. The van der Waals surface area contributed by atoms with E-state index in [2.05, 4.69) is 29.6 Å². The van der Waals surface area contributed by atoms with Gasteiger partial charge in [0.05, 0.1) is 11.9 Å². The van der Waals surface area contributed by atoms with Gasteiger partial charge in [-0.3, -0.25) is 10.6 Å². The number of carbonyl (C=O) groups excluding carboxylic acids is 1. The first kappa shape index (κ1) is 13.8. The number of hydrogen-bond acceptors (Lipinski definition) is 4. The molecule has 104 valence electrons. The molecular weight excluding hydrogens is 240 g/mol. The van der Waals surface area contributed by atoms with Gasteiger partial charge in [-0.15, -0.1) is 0 Å². The number of rotatable bonds is 3. The van der Waals surface area contributed by atoms with E-state index in [-0.39, 0.29) is 17.4 Å². The van der Waals surface area contributed by atoms with Crippen LogP contribution in [0, 0.1) is 5.41 Å². The minimum atomic E-state index is -0.108. The molecule has 1 aromatic heterocycles. The number of nitrogens with zero attached hydrogens (tertiary/aromatic N) is 1. The fourth-order valence-electron chi connectivity index (χ4n) is 2.61. The second-order valence-corrected chi connectivity index (χ2v) is 5.84. The molecule has 1 unspecified atom stereocenters. The standard InChI is InChI=1S/C14H22N4O/c1-14(2)8-4-3-5-12(14)17-13(19)11-7-6-10(18-15)9-16-11/h6-7,9,12,18H,3-5,8,15H2,1-2H3,(H,17,19). The van der Waals surface area contributed by atoms with Crippen LogP contribution in [-0.4, -0.2) is 16.9 Å². The van der Waals surface area contributed by atoms with Crippen LogP contribution in [0.25, 0.3) is 0 Å². The lowest BCUT2D eigenvalue weighted by atomic mass is 9.73. The Bertz CT molecular complexity index is 441. The summed E-state index contributed by atoms with van der Waals surface area (Å²) in [5, 5.41) is 3.11. The largest absolute Gasteiger partial charge is 0.347 e. The second-order valence-electron chi connectivity index (χ2n) is 5.84. The number of anilines is 1. The quantitative estimate of drug-likeness (QED) is 0.575. The monoisotopic (exact) mass is 262 g/mol. The van der Waals surface area contributed by atoms with Gasteiger partial charge in [0, 0.05) is 6.04 Å². The van der Waals surface area contributed by atoms with Gasteiger partial charge in [-0.2, -0.15) is 0 Å². The Morgan fingerprint density at radius 1 is 1.42 bits per heavy atom. The van der Waals surface area contributed by atoms with Crippen LogP contribution >= 0.6 is 0 Å². The fourth-order valence-corrected chi connectivity index (χ4v) is 2.61. The van der Waals surface area contributed by atoms with E-state index >= 15 is 0 Å². The van der Waals surface area contributed by atoms with Crippen molar-refractivity contribution in [1.29, 1.82) is 0 Å². The van der Waals surface area contributed by atoms with Crippen LogP contribution in [0.3, 0.4) is 0 Å². The van der Waals surface area contributed by atoms with Gasteiger partial charge in [0.1, 0.15) is 5.69 Å². The molecule has 0 radical (unpaired) electrons. The first-order valence-electron chi connectivity index (χ1n) is 6.76. The molecule has 19 heavy (non-hydrogen) atoms. The van der Waals surface area contributed by atoms with E-state index in [9.17, 15) is 4.79 Å². The van der Waals surface area contributed by atoms with Crippen LogP contribution in [0.1, 0.15) is 50.0 Å². The zero-order valence-corrected chi connectivity index (χ0v) is 11.6. The number of nitrogens with two attached hydrogens (primary N) is 1. The normalized spacial score (nSPS) is 21.7. The molecule has 1 aromatic rings. The zero-order chi connectivity index (χ0) is 13.9. The van der Waals surface area contributed by atoms with Crippen molar-refractivity contribution in [1.82, 2.24) is 10.3 Å². The molecule has 0 aliphatic heterocycles. The summed E-state index contributed by atoms with van der Waals surface area (Å²) >= 11 is 0. The predicted octanol–water partition coefficient (Wildman–Crippen LogP) is 2.07. The van der Waals surface area contributed by atoms with Crippen molar-refractivity contribution in [3.63, 3.8) is 0 Å².